The highest BCUT2D eigenvalue weighted by atomic mass is 32.2. The molecule has 0 radical (unpaired) electrons. The number of benzene rings is 1. The molecule has 0 saturated carbocycles. The van der Waals surface area contributed by atoms with Gasteiger partial charge in [-0.1, -0.05) is 12.1 Å². The van der Waals surface area contributed by atoms with Crippen molar-refractivity contribution in [1.29, 1.82) is 0 Å². The largest absolute Gasteiger partial charge is 0.345 e. The summed E-state index contributed by atoms with van der Waals surface area (Å²) in [6, 6.07) is 5.23. The molecule has 0 saturated heterocycles. The molecule has 1 heterocycles. The maximum absolute atomic E-state index is 13.7. The smallest absolute Gasteiger partial charge is 0.236 e. The number of halogens is 1. The Labute approximate surface area is 117 Å². The number of carbonyl (C=O) groups excluding carboxylic acids is 1. The standard InChI is InChI=1S/C14H19FN2OS/c1-3-17(2)13(18)9-16-12-7-8-19-14-10(12)5-4-6-11(14)15/h4-6,12,16H,3,7-9H2,1-2H3. The van der Waals surface area contributed by atoms with Crippen LogP contribution in [0.15, 0.2) is 23.1 Å². The fraction of sp³-hybridized carbons (Fsp3) is 0.500. The van der Waals surface area contributed by atoms with Gasteiger partial charge in [-0.3, -0.25) is 4.79 Å². The number of nitrogens with one attached hydrogen (secondary N) is 1. The van der Waals surface area contributed by atoms with Gasteiger partial charge < -0.3 is 10.2 Å². The van der Waals surface area contributed by atoms with Crippen LogP contribution in [0.5, 0.6) is 0 Å². The summed E-state index contributed by atoms with van der Waals surface area (Å²) in [5.41, 5.74) is 0.975. The predicted molar refractivity (Wildman–Crippen MR) is 75.8 cm³/mol. The molecule has 1 unspecified atom stereocenters. The van der Waals surface area contributed by atoms with Gasteiger partial charge in [0.25, 0.3) is 0 Å². The van der Waals surface area contributed by atoms with E-state index in [1.165, 1.54) is 6.07 Å². The molecule has 0 aromatic heterocycles. The van der Waals surface area contributed by atoms with Crippen molar-refractivity contribution in [1.82, 2.24) is 10.2 Å². The van der Waals surface area contributed by atoms with Gasteiger partial charge >= 0.3 is 0 Å². The van der Waals surface area contributed by atoms with Crippen LogP contribution in [0.4, 0.5) is 4.39 Å². The van der Waals surface area contributed by atoms with E-state index < -0.39 is 0 Å². The van der Waals surface area contributed by atoms with Crippen molar-refractivity contribution in [2.75, 3.05) is 25.9 Å². The summed E-state index contributed by atoms with van der Waals surface area (Å²) in [4.78, 5) is 14.2. The minimum Gasteiger partial charge on any atom is -0.345 e. The van der Waals surface area contributed by atoms with Gasteiger partial charge in [0.1, 0.15) is 5.82 Å². The highest BCUT2D eigenvalue weighted by Gasteiger charge is 2.23. The van der Waals surface area contributed by atoms with E-state index >= 15 is 0 Å². The van der Waals surface area contributed by atoms with E-state index in [1.54, 1.807) is 29.8 Å². The lowest BCUT2D eigenvalue weighted by molar-refractivity contribution is -0.128. The summed E-state index contributed by atoms with van der Waals surface area (Å²) in [5, 5.41) is 3.25. The summed E-state index contributed by atoms with van der Waals surface area (Å²) >= 11 is 1.55. The molecule has 5 heteroatoms. The second-order valence-corrected chi connectivity index (χ2v) is 5.74. The molecule has 3 nitrogen and oxygen atoms in total. The van der Waals surface area contributed by atoms with Crippen LogP contribution in [0.3, 0.4) is 0 Å². The second kappa shape index (κ2) is 6.39. The lowest BCUT2D eigenvalue weighted by Crippen LogP contribution is -2.37. The summed E-state index contributed by atoms with van der Waals surface area (Å²) in [5.74, 6) is 0.785. The van der Waals surface area contributed by atoms with Crippen molar-refractivity contribution in [3.05, 3.63) is 29.6 Å². The van der Waals surface area contributed by atoms with Gasteiger partial charge in [-0.2, -0.15) is 0 Å². The summed E-state index contributed by atoms with van der Waals surface area (Å²) in [7, 11) is 1.79. The fourth-order valence-corrected chi connectivity index (χ4v) is 3.26. The Morgan fingerprint density at radius 2 is 2.37 bits per heavy atom. The number of thioether (sulfide) groups is 1. The Kier molecular flexibility index (Phi) is 4.82. The molecule has 0 spiro atoms. The average Bonchev–Trinajstić information content (AvgIpc) is 2.44. The van der Waals surface area contributed by atoms with Crippen molar-refractivity contribution in [3.63, 3.8) is 0 Å². The lowest BCUT2D eigenvalue weighted by Gasteiger charge is -2.27. The Bertz CT molecular complexity index is 467. The number of amides is 1. The first-order valence-corrected chi connectivity index (χ1v) is 7.50. The highest BCUT2D eigenvalue weighted by molar-refractivity contribution is 7.99. The van der Waals surface area contributed by atoms with Crippen LogP contribution >= 0.6 is 11.8 Å². The van der Waals surface area contributed by atoms with Crippen LogP contribution in [0.2, 0.25) is 0 Å². The van der Waals surface area contributed by atoms with Gasteiger partial charge in [0, 0.05) is 24.5 Å². The molecule has 1 aromatic rings. The van der Waals surface area contributed by atoms with Crippen LogP contribution in [0, 0.1) is 5.82 Å². The number of hydrogen-bond donors (Lipinski definition) is 1. The third-order valence-corrected chi connectivity index (χ3v) is 4.58. The molecular weight excluding hydrogens is 263 g/mol. The Hall–Kier alpha value is -1.07. The lowest BCUT2D eigenvalue weighted by atomic mass is 10.0. The molecule has 1 N–H and O–H groups in total. The van der Waals surface area contributed by atoms with E-state index in [0.29, 0.717) is 13.1 Å². The molecule has 19 heavy (non-hydrogen) atoms. The van der Waals surface area contributed by atoms with Gasteiger partial charge in [0.15, 0.2) is 0 Å². The Morgan fingerprint density at radius 3 is 3.11 bits per heavy atom. The second-order valence-electron chi connectivity index (χ2n) is 4.64. The average molecular weight is 282 g/mol. The molecule has 0 bridgehead atoms. The quantitative estimate of drug-likeness (QED) is 0.920. The zero-order chi connectivity index (χ0) is 13.8. The normalized spacial score (nSPS) is 17.9. The molecule has 1 aliphatic heterocycles. The number of hydrogen-bond acceptors (Lipinski definition) is 3. The fourth-order valence-electron chi connectivity index (χ4n) is 2.12. The number of nitrogens with zero attached hydrogens (tertiary/aromatic N) is 1. The van der Waals surface area contributed by atoms with Crippen molar-refractivity contribution >= 4 is 17.7 Å². The summed E-state index contributed by atoms with van der Waals surface area (Å²) in [6.45, 7) is 2.95. The van der Waals surface area contributed by atoms with E-state index in [1.807, 2.05) is 13.0 Å². The number of likely N-dealkylation sites (N-methyl/N-ethyl adjacent to an activating group) is 1. The molecule has 1 atom stereocenters. The first-order valence-electron chi connectivity index (χ1n) is 6.52. The molecule has 104 valence electrons. The molecular formula is C14H19FN2OS. The van der Waals surface area contributed by atoms with Crippen LogP contribution in [0.1, 0.15) is 24.9 Å². The SMILES string of the molecule is CCN(C)C(=O)CNC1CCSc2c(F)cccc21. The maximum Gasteiger partial charge on any atom is 0.236 e. The topological polar surface area (TPSA) is 32.3 Å². The molecule has 0 fully saturated rings. The first-order chi connectivity index (χ1) is 9.13. The summed E-state index contributed by atoms with van der Waals surface area (Å²) in [6.07, 6.45) is 0.921. The third-order valence-electron chi connectivity index (χ3n) is 3.43. The molecule has 1 amide bonds. The van der Waals surface area contributed by atoms with E-state index in [4.69, 9.17) is 0 Å². The van der Waals surface area contributed by atoms with E-state index in [2.05, 4.69) is 5.32 Å². The molecule has 1 aromatic carbocycles. The van der Waals surface area contributed by atoms with Gasteiger partial charge in [-0.05, 0) is 30.7 Å². The Balaban J connectivity index is 2.04. The zero-order valence-corrected chi connectivity index (χ0v) is 12.1. The van der Waals surface area contributed by atoms with Gasteiger partial charge in [-0.15, -0.1) is 11.8 Å². The maximum atomic E-state index is 13.7. The number of carbonyl (C=O) groups is 1. The van der Waals surface area contributed by atoms with Gasteiger partial charge in [-0.25, -0.2) is 4.39 Å². The van der Waals surface area contributed by atoms with Crippen LogP contribution < -0.4 is 5.32 Å². The van der Waals surface area contributed by atoms with E-state index in [9.17, 15) is 9.18 Å². The van der Waals surface area contributed by atoms with Crippen LogP contribution in [-0.2, 0) is 4.79 Å². The monoisotopic (exact) mass is 282 g/mol. The number of rotatable bonds is 4. The minimum atomic E-state index is -0.161. The minimum absolute atomic E-state index is 0.0682. The van der Waals surface area contributed by atoms with E-state index in [0.717, 1.165) is 22.6 Å². The predicted octanol–water partition coefficient (Wildman–Crippen LogP) is 2.43. The van der Waals surface area contributed by atoms with Crippen LogP contribution in [-0.4, -0.2) is 36.7 Å². The van der Waals surface area contributed by atoms with Crippen LogP contribution in [0.25, 0.3) is 0 Å². The Morgan fingerprint density at radius 1 is 1.58 bits per heavy atom. The van der Waals surface area contributed by atoms with Gasteiger partial charge in [0.2, 0.25) is 5.91 Å². The van der Waals surface area contributed by atoms with Crippen molar-refractivity contribution in [2.24, 2.45) is 0 Å². The van der Waals surface area contributed by atoms with E-state index in [-0.39, 0.29) is 17.8 Å². The molecule has 1 aliphatic rings. The number of fused-ring (bicyclic) bond motifs is 1. The summed E-state index contributed by atoms with van der Waals surface area (Å²) < 4.78 is 13.7. The molecule has 2 rings (SSSR count). The van der Waals surface area contributed by atoms with Gasteiger partial charge in [0.05, 0.1) is 6.54 Å². The van der Waals surface area contributed by atoms with Crippen molar-refractivity contribution < 1.29 is 9.18 Å². The first kappa shape index (κ1) is 14.3. The highest BCUT2D eigenvalue weighted by Crippen LogP contribution is 2.37. The third kappa shape index (κ3) is 3.28. The molecule has 0 aliphatic carbocycles. The zero-order valence-electron chi connectivity index (χ0n) is 11.3. The van der Waals surface area contributed by atoms with Crippen molar-refractivity contribution in [2.45, 2.75) is 24.3 Å². The van der Waals surface area contributed by atoms with Crippen molar-refractivity contribution in [3.8, 4) is 0 Å².